The van der Waals surface area contributed by atoms with Gasteiger partial charge in [0.25, 0.3) is 0 Å². The molecule has 1 aromatic rings. The molecule has 0 aliphatic carbocycles. The predicted octanol–water partition coefficient (Wildman–Crippen LogP) is 2.04. The Morgan fingerprint density at radius 3 is 2.47 bits per heavy atom. The molecule has 0 radical (unpaired) electrons. The summed E-state index contributed by atoms with van der Waals surface area (Å²) < 4.78 is 0. The summed E-state index contributed by atoms with van der Waals surface area (Å²) in [5.74, 6) is 0. The largest absolute Gasteiger partial charge is 0.394 e. The topological polar surface area (TPSA) is 41.5 Å². The molecule has 84 valence electrons. The number of aliphatic hydroxyl groups excluding tert-OH is 1. The van der Waals surface area contributed by atoms with Crippen molar-refractivity contribution in [2.75, 3.05) is 6.61 Å². The van der Waals surface area contributed by atoms with Crippen molar-refractivity contribution < 1.29 is 9.94 Å². The molecule has 0 aromatic heterocycles. The van der Waals surface area contributed by atoms with Crippen molar-refractivity contribution in [3.8, 4) is 0 Å². The molecule has 0 amide bonds. The molecule has 3 nitrogen and oxygen atoms in total. The number of nitrogens with one attached hydrogen (secondary N) is 1. The average Bonchev–Trinajstić information content (AvgIpc) is 2.27. The lowest BCUT2D eigenvalue weighted by atomic mass is 10.1. The molecule has 1 rings (SSSR count). The fraction of sp³-hybridized carbons (Fsp3) is 0.500. The van der Waals surface area contributed by atoms with Gasteiger partial charge in [-0.2, -0.15) is 5.48 Å². The third-order valence-electron chi connectivity index (χ3n) is 2.18. The van der Waals surface area contributed by atoms with E-state index in [2.05, 4.69) is 5.48 Å². The van der Waals surface area contributed by atoms with E-state index in [9.17, 15) is 0 Å². The monoisotopic (exact) mass is 209 g/mol. The van der Waals surface area contributed by atoms with Gasteiger partial charge in [0.1, 0.15) is 6.10 Å². The molecule has 1 aromatic carbocycles. The van der Waals surface area contributed by atoms with Gasteiger partial charge in [0.05, 0.1) is 12.1 Å². The van der Waals surface area contributed by atoms with E-state index in [1.807, 2.05) is 51.1 Å². The fourth-order valence-electron chi connectivity index (χ4n) is 1.07. The second-order valence-electron chi connectivity index (χ2n) is 4.31. The molecule has 15 heavy (non-hydrogen) atoms. The van der Waals surface area contributed by atoms with Crippen molar-refractivity contribution in [1.82, 2.24) is 5.48 Å². The zero-order valence-corrected chi connectivity index (χ0v) is 9.53. The van der Waals surface area contributed by atoms with Crippen LogP contribution in [0, 0.1) is 0 Å². The van der Waals surface area contributed by atoms with Crippen LogP contribution in [0.5, 0.6) is 0 Å². The van der Waals surface area contributed by atoms with E-state index >= 15 is 0 Å². The van der Waals surface area contributed by atoms with Crippen LogP contribution in [-0.4, -0.2) is 17.3 Å². The third kappa shape index (κ3) is 4.00. The summed E-state index contributed by atoms with van der Waals surface area (Å²) >= 11 is 0. The van der Waals surface area contributed by atoms with Gasteiger partial charge in [-0.1, -0.05) is 30.3 Å². The Balaban J connectivity index is 2.47. The molecule has 0 bridgehead atoms. The molecule has 0 aliphatic heterocycles. The molecule has 1 unspecified atom stereocenters. The van der Waals surface area contributed by atoms with Crippen molar-refractivity contribution in [3.63, 3.8) is 0 Å². The lowest BCUT2D eigenvalue weighted by molar-refractivity contribution is -0.0714. The first kappa shape index (κ1) is 12.2. The van der Waals surface area contributed by atoms with Gasteiger partial charge in [-0.05, 0) is 26.3 Å². The van der Waals surface area contributed by atoms with Crippen LogP contribution in [0.2, 0.25) is 0 Å². The van der Waals surface area contributed by atoms with Gasteiger partial charge in [-0.25, -0.2) is 0 Å². The van der Waals surface area contributed by atoms with Gasteiger partial charge >= 0.3 is 0 Å². The Morgan fingerprint density at radius 1 is 1.33 bits per heavy atom. The maximum absolute atomic E-state index is 9.03. The van der Waals surface area contributed by atoms with Gasteiger partial charge in [-0.3, -0.25) is 4.84 Å². The van der Waals surface area contributed by atoms with E-state index < -0.39 is 5.54 Å². The Kier molecular flexibility index (Phi) is 4.27. The maximum atomic E-state index is 9.03. The molecular weight excluding hydrogens is 190 g/mol. The van der Waals surface area contributed by atoms with E-state index in [-0.39, 0.29) is 12.7 Å². The minimum absolute atomic E-state index is 0.0305. The normalized spacial score (nSPS) is 13.9. The van der Waals surface area contributed by atoms with Gasteiger partial charge in [0, 0.05) is 0 Å². The quantitative estimate of drug-likeness (QED) is 0.729. The highest BCUT2D eigenvalue weighted by atomic mass is 16.7. The average molecular weight is 209 g/mol. The smallest absolute Gasteiger partial charge is 0.101 e. The highest BCUT2D eigenvalue weighted by Gasteiger charge is 2.17. The summed E-state index contributed by atoms with van der Waals surface area (Å²) in [4.78, 5) is 5.47. The summed E-state index contributed by atoms with van der Waals surface area (Å²) in [5, 5.41) is 9.03. The zero-order valence-electron chi connectivity index (χ0n) is 9.53. The van der Waals surface area contributed by atoms with E-state index in [0.717, 1.165) is 5.56 Å². The van der Waals surface area contributed by atoms with Gasteiger partial charge in [-0.15, -0.1) is 0 Å². The molecule has 0 saturated heterocycles. The molecule has 0 fully saturated rings. The lowest BCUT2D eigenvalue weighted by Crippen LogP contribution is -2.42. The summed E-state index contributed by atoms with van der Waals surface area (Å²) in [6.45, 7) is 5.76. The molecule has 0 aliphatic rings. The Bertz CT molecular complexity index is 285. The van der Waals surface area contributed by atoms with Crippen molar-refractivity contribution in [1.29, 1.82) is 0 Å². The second kappa shape index (κ2) is 5.26. The first-order chi connectivity index (χ1) is 7.05. The van der Waals surface area contributed by atoms with Crippen molar-refractivity contribution in [3.05, 3.63) is 35.9 Å². The number of hydroxylamine groups is 1. The van der Waals surface area contributed by atoms with Crippen LogP contribution >= 0.6 is 0 Å². The first-order valence-electron chi connectivity index (χ1n) is 5.14. The van der Waals surface area contributed by atoms with Crippen LogP contribution in [0.3, 0.4) is 0 Å². The number of rotatable bonds is 5. The molecule has 3 heteroatoms. The van der Waals surface area contributed by atoms with Gasteiger partial charge < -0.3 is 5.11 Å². The van der Waals surface area contributed by atoms with Crippen LogP contribution in [-0.2, 0) is 4.84 Å². The second-order valence-corrected chi connectivity index (χ2v) is 4.31. The van der Waals surface area contributed by atoms with Crippen LogP contribution < -0.4 is 5.48 Å². The summed E-state index contributed by atoms with van der Waals surface area (Å²) in [5.41, 5.74) is 3.55. The lowest BCUT2D eigenvalue weighted by Gasteiger charge is -2.25. The fourth-order valence-corrected chi connectivity index (χ4v) is 1.07. The van der Waals surface area contributed by atoms with E-state index in [4.69, 9.17) is 9.94 Å². The third-order valence-corrected chi connectivity index (χ3v) is 2.18. The minimum Gasteiger partial charge on any atom is -0.394 e. The standard InChI is InChI=1S/C12H19NO2/c1-10(11-7-5-4-6-8-11)15-13-12(2,3)9-14/h4-8,10,13-14H,9H2,1-3H3. The van der Waals surface area contributed by atoms with E-state index in [1.54, 1.807) is 0 Å². The Morgan fingerprint density at radius 2 is 1.93 bits per heavy atom. The van der Waals surface area contributed by atoms with Gasteiger partial charge in [0.15, 0.2) is 0 Å². The molecule has 1 atom stereocenters. The molecule has 0 spiro atoms. The number of benzene rings is 1. The van der Waals surface area contributed by atoms with Crippen molar-refractivity contribution in [2.45, 2.75) is 32.4 Å². The SMILES string of the molecule is CC(ONC(C)(C)CO)c1ccccc1. The molecule has 2 N–H and O–H groups in total. The number of hydrogen-bond acceptors (Lipinski definition) is 3. The maximum Gasteiger partial charge on any atom is 0.101 e. The van der Waals surface area contributed by atoms with Crippen LogP contribution in [0.1, 0.15) is 32.4 Å². The minimum atomic E-state index is -0.414. The Hall–Kier alpha value is -0.900. The Labute approximate surface area is 91.0 Å². The summed E-state index contributed by atoms with van der Waals surface area (Å²) in [7, 11) is 0. The highest BCUT2D eigenvalue weighted by Crippen LogP contribution is 2.15. The van der Waals surface area contributed by atoms with Crippen LogP contribution in [0.4, 0.5) is 0 Å². The van der Waals surface area contributed by atoms with Crippen LogP contribution in [0.25, 0.3) is 0 Å². The highest BCUT2D eigenvalue weighted by molar-refractivity contribution is 5.16. The van der Waals surface area contributed by atoms with E-state index in [1.165, 1.54) is 0 Å². The first-order valence-corrected chi connectivity index (χ1v) is 5.14. The van der Waals surface area contributed by atoms with E-state index in [0.29, 0.717) is 0 Å². The molecule has 0 saturated carbocycles. The molecule has 0 heterocycles. The van der Waals surface area contributed by atoms with Gasteiger partial charge in [0.2, 0.25) is 0 Å². The number of hydrogen-bond donors (Lipinski definition) is 2. The number of aliphatic hydroxyl groups is 1. The summed E-state index contributed by atoms with van der Waals surface area (Å²) in [6, 6.07) is 9.96. The predicted molar refractivity (Wildman–Crippen MR) is 60.2 cm³/mol. The van der Waals surface area contributed by atoms with Crippen molar-refractivity contribution >= 4 is 0 Å². The van der Waals surface area contributed by atoms with Crippen molar-refractivity contribution in [2.24, 2.45) is 0 Å². The summed E-state index contributed by atoms with van der Waals surface area (Å²) in [6.07, 6.45) is -0.0305. The molecular formula is C12H19NO2. The van der Waals surface area contributed by atoms with Crippen LogP contribution in [0.15, 0.2) is 30.3 Å². The zero-order chi connectivity index (χ0) is 11.3.